The standard InChI is InChI=1S/C21H24N4O3S/c1-13-7-6-8-18(11-13)24-29(27,28)19-12-17(10-9-14(19)2)22-21(26)20-15(3)23-25(5)16(20)4/h6-12,24H,1-5H3,(H,22,26). The quantitative estimate of drug-likeness (QED) is 0.668. The number of amides is 1. The molecule has 152 valence electrons. The highest BCUT2D eigenvalue weighted by molar-refractivity contribution is 7.92. The number of hydrogen-bond acceptors (Lipinski definition) is 4. The minimum absolute atomic E-state index is 0.108. The second-order valence-electron chi connectivity index (χ2n) is 7.08. The monoisotopic (exact) mass is 412 g/mol. The maximum Gasteiger partial charge on any atom is 0.262 e. The van der Waals surface area contributed by atoms with Gasteiger partial charge < -0.3 is 5.32 Å². The number of carbonyl (C=O) groups excluding carboxylic acids is 1. The Hall–Kier alpha value is -3.13. The first-order valence-corrected chi connectivity index (χ1v) is 10.6. The van der Waals surface area contributed by atoms with Gasteiger partial charge in [-0.3, -0.25) is 14.2 Å². The van der Waals surface area contributed by atoms with Gasteiger partial charge in [0.15, 0.2) is 0 Å². The summed E-state index contributed by atoms with van der Waals surface area (Å²) in [6.07, 6.45) is 0. The fraction of sp³-hybridized carbons (Fsp3) is 0.238. The molecule has 0 saturated carbocycles. The maximum atomic E-state index is 12.9. The first kappa shape index (κ1) is 20.6. The molecule has 1 heterocycles. The van der Waals surface area contributed by atoms with Gasteiger partial charge >= 0.3 is 0 Å². The second kappa shape index (κ2) is 7.71. The molecular weight excluding hydrogens is 388 g/mol. The zero-order valence-electron chi connectivity index (χ0n) is 17.1. The van der Waals surface area contributed by atoms with Crippen LogP contribution in [0, 0.1) is 27.7 Å². The number of nitrogens with one attached hydrogen (secondary N) is 2. The van der Waals surface area contributed by atoms with Gasteiger partial charge in [-0.15, -0.1) is 0 Å². The van der Waals surface area contributed by atoms with Crippen molar-refractivity contribution in [3.63, 3.8) is 0 Å². The lowest BCUT2D eigenvalue weighted by molar-refractivity contribution is 0.102. The average molecular weight is 413 g/mol. The zero-order valence-corrected chi connectivity index (χ0v) is 17.9. The van der Waals surface area contributed by atoms with Crippen molar-refractivity contribution in [2.24, 2.45) is 7.05 Å². The van der Waals surface area contributed by atoms with Crippen LogP contribution in [0.2, 0.25) is 0 Å². The predicted octanol–water partition coefficient (Wildman–Crippen LogP) is 3.71. The Bertz CT molecular complexity index is 1200. The van der Waals surface area contributed by atoms with Crippen molar-refractivity contribution in [1.29, 1.82) is 0 Å². The Morgan fingerprint density at radius 2 is 1.72 bits per heavy atom. The van der Waals surface area contributed by atoms with E-state index in [4.69, 9.17) is 0 Å². The van der Waals surface area contributed by atoms with Crippen LogP contribution in [0.1, 0.15) is 32.9 Å². The number of sulfonamides is 1. The van der Waals surface area contributed by atoms with E-state index in [1.807, 2.05) is 19.9 Å². The first-order valence-electron chi connectivity index (χ1n) is 9.10. The lowest BCUT2D eigenvalue weighted by Gasteiger charge is -2.13. The Labute approximate surface area is 170 Å². The molecule has 0 bridgehead atoms. The Balaban J connectivity index is 1.90. The summed E-state index contributed by atoms with van der Waals surface area (Å²) in [5.74, 6) is -0.327. The van der Waals surface area contributed by atoms with Crippen LogP contribution in [-0.4, -0.2) is 24.1 Å². The molecule has 3 rings (SSSR count). The number of benzene rings is 2. The molecule has 0 spiro atoms. The summed E-state index contributed by atoms with van der Waals surface area (Å²) in [5, 5.41) is 7.03. The van der Waals surface area contributed by atoms with Crippen molar-refractivity contribution in [3.8, 4) is 0 Å². The smallest absolute Gasteiger partial charge is 0.262 e. The van der Waals surface area contributed by atoms with E-state index >= 15 is 0 Å². The normalized spacial score (nSPS) is 11.3. The van der Waals surface area contributed by atoms with Gasteiger partial charge in [0, 0.05) is 24.1 Å². The molecule has 1 amide bonds. The van der Waals surface area contributed by atoms with E-state index in [-0.39, 0.29) is 10.8 Å². The Kier molecular flexibility index (Phi) is 5.48. The van der Waals surface area contributed by atoms with Crippen LogP contribution in [0.5, 0.6) is 0 Å². The van der Waals surface area contributed by atoms with Crippen LogP contribution in [0.25, 0.3) is 0 Å². The fourth-order valence-corrected chi connectivity index (χ4v) is 4.50. The number of rotatable bonds is 5. The van der Waals surface area contributed by atoms with Crippen LogP contribution >= 0.6 is 0 Å². The Morgan fingerprint density at radius 3 is 2.34 bits per heavy atom. The van der Waals surface area contributed by atoms with E-state index in [9.17, 15) is 13.2 Å². The van der Waals surface area contributed by atoms with E-state index in [0.717, 1.165) is 11.3 Å². The topological polar surface area (TPSA) is 93.1 Å². The molecular formula is C21H24N4O3S. The molecule has 0 aliphatic rings. The molecule has 2 aromatic carbocycles. The largest absolute Gasteiger partial charge is 0.322 e. The van der Waals surface area contributed by atoms with Crippen LogP contribution < -0.4 is 10.0 Å². The number of nitrogens with zero attached hydrogens (tertiary/aromatic N) is 2. The molecule has 0 saturated heterocycles. The van der Waals surface area contributed by atoms with Crippen LogP contribution in [0.15, 0.2) is 47.4 Å². The lowest BCUT2D eigenvalue weighted by Crippen LogP contribution is -2.17. The van der Waals surface area contributed by atoms with Gasteiger partial charge in [-0.2, -0.15) is 5.10 Å². The van der Waals surface area contributed by atoms with Gasteiger partial charge in [0.05, 0.1) is 16.2 Å². The highest BCUT2D eigenvalue weighted by Crippen LogP contribution is 2.24. The molecule has 8 heteroatoms. The van der Waals surface area contributed by atoms with Gasteiger partial charge in [0.2, 0.25) is 0 Å². The van der Waals surface area contributed by atoms with Crippen molar-refractivity contribution in [2.75, 3.05) is 10.0 Å². The van der Waals surface area contributed by atoms with E-state index in [2.05, 4.69) is 15.1 Å². The van der Waals surface area contributed by atoms with E-state index < -0.39 is 10.0 Å². The minimum atomic E-state index is -3.81. The average Bonchev–Trinajstić information content (AvgIpc) is 2.88. The van der Waals surface area contributed by atoms with Crippen LogP contribution in [-0.2, 0) is 17.1 Å². The van der Waals surface area contributed by atoms with E-state index in [1.54, 1.807) is 55.9 Å². The summed E-state index contributed by atoms with van der Waals surface area (Å²) in [6, 6.07) is 11.9. The molecule has 0 aliphatic heterocycles. The number of aryl methyl sites for hydroxylation is 4. The van der Waals surface area contributed by atoms with Crippen molar-refractivity contribution in [2.45, 2.75) is 32.6 Å². The van der Waals surface area contributed by atoms with Crippen molar-refractivity contribution in [1.82, 2.24) is 9.78 Å². The third-order valence-electron chi connectivity index (χ3n) is 4.74. The summed E-state index contributed by atoms with van der Waals surface area (Å²) >= 11 is 0. The van der Waals surface area contributed by atoms with Gasteiger partial charge in [-0.05, 0) is 63.1 Å². The summed E-state index contributed by atoms with van der Waals surface area (Å²) in [5.41, 5.74) is 4.25. The first-order chi connectivity index (χ1) is 13.6. The summed E-state index contributed by atoms with van der Waals surface area (Å²) < 4.78 is 30.1. The molecule has 7 nitrogen and oxygen atoms in total. The van der Waals surface area contributed by atoms with Gasteiger partial charge in [0.25, 0.3) is 15.9 Å². The van der Waals surface area contributed by atoms with Crippen molar-refractivity contribution >= 4 is 27.3 Å². The maximum absolute atomic E-state index is 12.9. The third-order valence-corrected chi connectivity index (χ3v) is 6.27. The number of aromatic nitrogens is 2. The predicted molar refractivity (Wildman–Crippen MR) is 114 cm³/mol. The minimum Gasteiger partial charge on any atom is -0.322 e. The molecule has 3 aromatic rings. The SMILES string of the molecule is Cc1cccc(NS(=O)(=O)c2cc(NC(=O)c3c(C)nn(C)c3C)ccc2C)c1. The van der Waals surface area contributed by atoms with E-state index in [0.29, 0.717) is 28.2 Å². The summed E-state index contributed by atoms with van der Waals surface area (Å²) in [4.78, 5) is 12.8. The molecule has 1 aromatic heterocycles. The Morgan fingerprint density at radius 1 is 1.00 bits per heavy atom. The lowest BCUT2D eigenvalue weighted by atomic mass is 10.1. The van der Waals surface area contributed by atoms with Crippen LogP contribution in [0.3, 0.4) is 0 Å². The van der Waals surface area contributed by atoms with Crippen molar-refractivity contribution < 1.29 is 13.2 Å². The fourth-order valence-electron chi connectivity index (χ4n) is 3.18. The molecule has 0 unspecified atom stereocenters. The molecule has 2 N–H and O–H groups in total. The third kappa shape index (κ3) is 4.32. The van der Waals surface area contributed by atoms with Crippen molar-refractivity contribution in [3.05, 3.63) is 70.5 Å². The molecule has 0 radical (unpaired) electrons. The molecule has 0 aliphatic carbocycles. The molecule has 0 fully saturated rings. The summed E-state index contributed by atoms with van der Waals surface area (Å²) in [6.45, 7) is 7.18. The summed E-state index contributed by atoms with van der Waals surface area (Å²) in [7, 11) is -2.04. The van der Waals surface area contributed by atoms with Gasteiger partial charge in [-0.1, -0.05) is 18.2 Å². The van der Waals surface area contributed by atoms with Gasteiger partial charge in [-0.25, -0.2) is 8.42 Å². The number of anilines is 2. The van der Waals surface area contributed by atoms with E-state index in [1.165, 1.54) is 6.07 Å². The number of hydrogen-bond donors (Lipinski definition) is 2. The molecule has 0 atom stereocenters. The van der Waals surface area contributed by atoms with Crippen LogP contribution in [0.4, 0.5) is 11.4 Å². The zero-order chi connectivity index (χ0) is 21.3. The van der Waals surface area contributed by atoms with Gasteiger partial charge in [0.1, 0.15) is 0 Å². The molecule has 29 heavy (non-hydrogen) atoms. The number of carbonyl (C=O) groups is 1. The highest BCUT2D eigenvalue weighted by atomic mass is 32.2. The highest BCUT2D eigenvalue weighted by Gasteiger charge is 2.21. The second-order valence-corrected chi connectivity index (χ2v) is 8.73.